The second-order valence-electron chi connectivity index (χ2n) is 5.34. The van der Waals surface area contributed by atoms with Gasteiger partial charge in [-0.15, -0.1) is 0 Å². The Balaban J connectivity index is 1.68. The molecule has 1 atom stereocenters. The minimum atomic E-state index is -1.05. The summed E-state index contributed by atoms with van der Waals surface area (Å²) in [4.78, 5) is 4.44. The third-order valence-electron chi connectivity index (χ3n) is 3.42. The summed E-state index contributed by atoms with van der Waals surface area (Å²) in [5.74, 6) is 1.47. The van der Waals surface area contributed by atoms with Crippen LogP contribution in [0.5, 0.6) is 0 Å². The van der Waals surface area contributed by atoms with Gasteiger partial charge in [0.05, 0.1) is 0 Å². The van der Waals surface area contributed by atoms with Crippen molar-refractivity contribution < 1.29 is 5.11 Å². The lowest BCUT2D eigenvalue weighted by Crippen LogP contribution is -2.31. The van der Waals surface area contributed by atoms with Crippen LogP contribution in [-0.4, -0.2) is 21.0 Å². The zero-order valence-corrected chi connectivity index (χ0v) is 12.7. The number of hydrogen-bond donors (Lipinski definition) is 2. The van der Waals surface area contributed by atoms with Gasteiger partial charge < -0.3 is 10.4 Å². The lowest BCUT2D eigenvalue weighted by Gasteiger charge is -2.25. The summed E-state index contributed by atoms with van der Waals surface area (Å²) in [7, 11) is 0. The van der Waals surface area contributed by atoms with E-state index in [9.17, 15) is 5.11 Å². The highest BCUT2D eigenvalue weighted by Gasteiger charge is 2.29. The lowest BCUT2D eigenvalue weighted by atomic mass is 9.96. The molecule has 0 aliphatic heterocycles. The first kappa shape index (κ1) is 13.8. The third kappa shape index (κ3) is 2.95. The van der Waals surface area contributed by atoms with Crippen LogP contribution in [0.2, 0.25) is 5.02 Å². The summed E-state index contributed by atoms with van der Waals surface area (Å²) in [6.45, 7) is 2.08. The maximum atomic E-state index is 10.6. The number of benzene rings is 1. The fourth-order valence-corrected chi connectivity index (χ4v) is 3.04. The van der Waals surface area contributed by atoms with Crippen LogP contribution >= 0.6 is 23.1 Å². The smallest absolute Gasteiger partial charge is 0.202 e. The molecule has 0 spiro atoms. The van der Waals surface area contributed by atoms with Crippen LogP contribution in [0.1, 0.15) is 37.1 Å². The molecule has 106 valence electrons. The topological polar surface area (TPSA) is 58.0 Å². The zero-order chi connectivity index (χ0) is 14.2. The molecule has 1 aliphatic carbocycles. The summed E-state index contributed by atoms with van der Waals surface area (Å²) in [6, 6.07) is 7.33. The van der Waals surface area contributed by atoms with E-state index in [0.29, 0.717) is 23.0 Å². The van der Waals surface area contributed by atoms with Gasteiger partial charge in [0.2, 0.25) is 5.13 Å². The zero-order valence-electron chi connectivity index (χ0n) is 11.1. The van der Waals surface area contributed by atoms with E-state index in [4.69, 9.17) is 11.6 Å². The van der Waals surface area contributed by atoms with Gasteiger partial charge in [-0.1, -0.05) is 29.8 Å². The van der Waals surface area contributed by atoms with Gasteiger partial charge in [-0.3, -0.25) is 0 Å². The van der Waals surface area contributed by atoms with E-state index in [0.717, 1.165) is 11.0 Å². The quantitative estimate of drug-likeness (QED) is 0.889. The molecule has 6 heteroatoms. The highest BCUT2D eigenvalue weighted by molar-refractivity contribution is 7.09. The van der Waals surface area contributed by atoms with Crippen LogP contribution in [0.15, 0.2) is 24.3 Å². The van der Waals surface area contributed by atoms with Gasteiger partial charge in [0.15, 0.2) is 0 Å². The van der Waals surface area contributed by atoms with E-state index in [1.54, 1.807) is 13.0 Å². The largest absolute Gasteiger partial charge is 0.384 e. The van der Waals surface area contributed by atoms with Crippen LogP contribution in [0.25, 0.3) is 0 Å². The van der Waals surface area contributed by atoms with Gasteiger partial charge in [-0.05, 0) is 25.8 Å². The summed E-state index contributed by atoms with van der Waals surface area (Å²) in [5, 5.41) is 15.0. The molecule has 1 heterocycles. The summed E-state index contributed by atoms with van der Waals surface area (Å²) in [5.41, 5.74) is -0.342. The van der Waals surface area contributed by atoms with Crippen LogP contribution in [0.3, 0.4) is 0 Å². The summed E-state index contributed by atoms with van der Waals surface area (Å²) in [6.07, 6.45) is 2.38. The highest BCUT2D eigenvalue weighted by atomic mass is 35.5. The van der Waals surface area contributed by atoms with Gasteiger partial charge in [0, 0.05) is 34.6 Å². The van der Waals surface area contributed by atoms with Gasteiger partial charge >= 0.3 is 0 Å². The second kappa shape index (κ2) is 5.31. The predicted molar refractivity (Wildman–Crippen MR) is 81.4 cm³/mol. The minimum Gasteiger partial charge on any atom is -0.384 e. The third-order valence-corrected chi connectivity index (χ3v) is 4.44. The Morgan fingerprint density at radius 3 is 2.90 bits per heavy atom. The normalized spacial score (nSPS) is 17.8. The first-order valence-corrected chi connectivity index (χ1v) is 7.76. The molecule has 0 radical (unpaired) electrons. The van der Waals surface area contributed by atoms with E-state index in [-0.39, 0.29) is 0 Å². The fourth-order valence-electron chi connectivity index (χ4n) is 2.05. The van der Waals surface area contributed by atoms with Gasteiger partial charge in [0.1, 0.15) is 11.4 Å². The number of hydrogen-bond acceptors (Lipinski definition) is 5. The molecule has 20 heavy (non-hydrogen) atoms. The molecule has 1 aromatic heterocycles. The van der Waals surface area contributed by atoms with Crippen molar-refractivity contribution in [3.05, 3.63) is 40.7 Å². The number of nitrogens with one attached hydrogen (secondary N) is 1. The van der Waals surface area contributed by atoms with Gasteiger partial charge in [-0.25, -0.2) is 4.98 Å². The molecular weight excluding hydrogens is 294 g/mol. The Hall–Kier alpha value is -1.17. The Kier molecular flexibility index (Phi) is 3.67. The number of halogens is 1. The molecule has 2 N–H and O–H groups in total. The minimum absolute atomic E-state index is 0.343. The maximum Gasteiger partial charge on any atom is 0.202 e. The summed E-state index contributed by atoms with van der Waals surface area (Å²) >= 11 is 7.47. The molecule has 0 amide bonds. The number of nitrogens with zero attached hydrogens (tertiary/aromatic N) is 2. The van der Waals surface area contributed by atoms with E-state index < -0.39 is 5.60 Å². The Morgan fingerprint density at radius 1 is 1.45 bits per heavy atom. The van der Waals surface area contributed by atoms with Crippen molar-refractivity contribution in [3.8, 4) is 0 Å². The number of aromatic nitrogens is 2. The molecule has 1 aromatic carbocycles. The summed E-state index contributed by atoms with van der Waals surface area (Å²) < 4.78 is 4.33. The van der Waals surface area contributed by atoms with Crippen molar-refractivity contribution in [1.29, 1.82) is 0 Å². The molecule has 1 aliphatic rings. The first-order chi connectivity index (χ1) is 9.56. The second-order valence-corrected chi connectivity index (χ2v) is 6.50. The van der Waals surface area contributed by atoms with Crippen LogP contribution in [0, 0.1) is 0 Å². The van der Waals surface area contributed by atoms with Crippen molar-refractivity contribution in [1.82, 2.24) is 9.36 Å². The molecule has 2 aromatic rings. The van der Waals surface area contributed by atoms with E-state index in [1.807, 2.05) is 18.2 Å². The molecule has 0 saturated heterocycles. The standard InChI is InChI=1S/C14H16ClN3OS/c1-14(19,10-4-2-3-5-11(10)15)8-16-13-17-12(18-20-13)9-6-7-9/h2-5,9,19H,6-8H2,1H3,(H,16,17,18). The van der Waals surface area contributed by atoms with Crippen molar-refractivity contribution in [2.75, 3.05) is 11.9 Å². The maximum absolute atomic E-state index is 10.6. The van der Waals surface area contributed by atoms with Crippen molar-refractivity contribution in [3.63, 3.8) is 0 Å². The first-order valence-electron chi connectivity index (χ1n) is 6.61. The van der Waals surface area contributed by atoms with E-state index in [2.05, 4.69) is 14.7 Å². The van der Waals surface area contributed by atoms with Gasteiger partial charge in [-0.2, -0.15) is 4.37 Å². The van der Waals surface area contributed by atoms with E-state index in [1.165, 1.54) is 24.4 Å². The Morgan fingerprint density at radius 2 is 2.20 bits per heavy atom. The monoisotopic (exact) mass is 309 g/mol. The lowest BCUT2D eigenvalue weighted by molar-refractivity contribution is 0.0716. The van der Waals surface area contributed by atoms with E-state index >= 15 is 0 Å². The van der Waals surface area contributed by atoms with Crippen LogP contribution < -0.4 is 5.32 Å². The molecule has 4 nitrogen and oxygen atoms in total. The fraction of sp³-hybridized carbons (Fsp3) is 0.429. The molecule has 0 bridgehead atoms. The van der Waals surface area contributed by atoms with Crippen LogP contribution in [0.4, 0.5) is 5.13 Å². The van der Waals surface area contributed by atoms with Crippen molar-refractivity contribution >= 4 is 28.3 Å². The number of anilines is 1. The Labute approximate surface area is 127 Å². The number of aliphatic hydroxyl groups is 1. The SMILES string of the molecule is CC(O)(CNc1nc(C2CC2)ns1)c1ccccc1Cl. The molecule has 3 rings (SSSR count). The average molecular weight is 310 g/mol. The van der Waals surface area contributed by atoms with Crippen molar-refractivity contribution in [2.24, 2.45) is 0 Å². The highest BCUT2D eigenvalue weighted by Crippen LogP contribution is 2.39. The average Bonchev–Trinajstić information content (AvgIpc) is 3.16. The molecular formula is C14H16ClN3OS. The molecule has 1 unspecified atom stereocenters. The van der Waals surface area contributed by atoms with Gasteiger partial charge in [0.25, 0.3) is 0 Å². The number of rotatable bonds is 5. The van der Waals surface area contributed by atoms with Crippen LogP contribution in [-0.2, 0) is 5.60 Å². The molecule has 1 saturated carbocycles. The predicted octanol–water partition coefficient (Wildman–Crippen LogP) is 3.39. The Bertz CT molecular complexity index is 610. The molecule has 1 fully saturated rings. The van der Waals surface area contributed by atoms with Crippen molar-refractivity contribution in [2.45, 2.75) is 31.3 Å².